The fraction of sp³-hybridized carbons (Fsp3) is 0.875. The van der Waals surface area contributed by atoms with Crippen LogP contribution in [0.5, 0.6) is 0 Å². The summed E-state index contributed by atoms with van der Waals surface area (Å²) < 4.78 is 5.52. The van der Waals surface area contributed by atoms with Gasteiger partial charge in [0, 0.05) is 20.1 Å². The van der Waals surface area contributed by atoms with E-state index in [9.17, 15) is 0 Å². The number of hydrogen-bond donors (Lipinski definition) is 1. The van der Waals surface area contributed by atoms with E-state index in [1.54, 1.807) is 0 Å². The largest absolute Gasteiger partial charge is 0.375 e. The van der Waals surface area contributed by atoms with Crippen LogP contribution in [0.2, 0.25) is 0 Å². The first-order chi connectivity index (χ1) is 5.77. The fourth-order valence-corrected chi connectivity index (χ4v) is 1.47. The fourth-order valence-electron chi connectivity index (χ4n) is 1.31. The molecule has 1 aliphatic rings. The molecule has 1 unspecified atom stereocenters. The number of hydrogen-bond acceptors (Lipinski definition) is 2. The van der Waals surface area contributed by atoms with Crippen LogP contribution in [0.25, 0.3) is 0 Å². The van der Waals surface area contributed by atoms with Crippen molar-refractivity contribution in [2.75, 3.05) is 26.7 Å². The van der Waals surface area contributed by atoms with Crippen molar-refractivity contribution in [3.63, 3.8) is 0 Å². The Labute approximate surface area is 79.1 Å². The molecule has 1 saturated heterocycles. The molecule has 0 bridgehead atoms. The first-order valence-electron chi connectivity index (χ1n) is 4.36. The molecule has 1 heterocycles. The van der Waals surface area contributed by atoms with Crippen molar-refractivity contribution in [1.82, 2.24) is 10.2 Å². The molecule has 0 radical (unpaired) electrons. The van der Waals surface area contributed by atoms with E-state index >= 15 is 0 Å². The second-order valence-corrected chi connectivity index (χ2v) is 3.29. The Morgan fingerprint density at radius 1 is 1.75 bits per heavy atom. The molecule has 1 atom stereocenters. The number of ether oxygens (including phenoxy) is 1. The van der Waals surface area contributed by atoms with E-state index in [2.05, 4.69) is 17.1 Å². The summed E-state index contributed by atoms with van der Waals surface area (Å²) in [6, 6.07) is 0. The van der Waals surface area contributed by atoms with E-state index in [-0.39, 0.29) is 0 Å². The van der Waals surface area contributed by atoms with Gasteiger partial charge in [0.2, 0.25) is 0 Å². The van der Waals surface area contributed by atoms with Gasteiger partial charge in [0.25, 0.3) is 0 Å². The summed E-state index contributed by atoms with van der Waals surface area (Å²) in [4.78, 5) is 2.16. The molecule has 0 aliphatic carbocycles. The molecule has 1 rings (SSSR count). The van der Waals surface area contributed by atoms with Crippen molar-refractivity contribution in [3.05, 3.63) is 0 Å². The van der Waals surface area contributed by atoms with Crippen LogP contribution in [0, 0.1) is 0 Å². The predicted molar refractivity (Wildman–Crippen MR) is 53.3 cm³/mol. The van der Waals surface area contributed by atoms with Gasteiger partial charge in [0.15, 0.2) is 5.11 Å². The molecule has 0 aromatic rings. The molecule has 0 aromatic heterocycles. The molecular formula is C8H16N2OS. The molecule has 1 aliphatic heterocycles. The van der Waals surface area contributed by atoms with Crippen molar-refractivity contribution in [2.24, 2.45) is 0 Å². The minimum atomic E-state index is 0.352. The van der Waals surface area contributed by atoms with Crippen LogP contribution >= 0.6 is 12.2 Å². The normalized spacial score (nSPS) is 23.8. The Kier molecular flexibility index (Phi) is 3.75. The van der Waals surface area contributed by atoms with E-state index in [0.717, 1.165) is 31.2 Å². The van der Waals surface area contributed by atoms with E-state index in [4.69, 9.17) is 17.0 Å². The van der Waals surface area contributed by atoms with E-state index in [0.29, 0.717) is 6.10 Å². The first kappa shape index (κ1) is 9.74. The third-order valence-electron chi connectivity index (χ3n) is 2.10. The molecule has 3 nitrogen and oxygen atoms in total. The summed E-state index contributed by atoms with van der Waals surface area (Å²) in [6.07, 6.45) is 1.41. The predicted octanol–water partition coefficient (Wildman–Crippen LogP) is 0.601. The van der Waals surface area contributed by atoms with E-state index in [1.807, 2.05) is 7.05 Å². The lowest BCUT2D eigenvalue weighted by Crippen LogP contribution is -2.48. The van der Waals surface area contributed by atoms with Gasteiger partial charge in [-0.15, -0.1) is 0 Å². The van der Waals surface area contributed by atoms with Crippen molar-refractivity contribution in [2.45, 2.75) is 19.4 Å². The van der Waals surface area contributed by atoms with Gasteiger partial charge in [0.1, 0.15) is 0 Å². The van der Waals surface area contributed by atoms with Crippen molar-refractivity contribution in [3.8, 4) is 0 Å². The van der Waals surface area contributed by atoms with Crippen LogP contribution in [0.3, 0.4) is 0 Å². The summed E-state index contributed by atoms with van der Waals surface area (Å²) in [5, 5.41) is 3.81. The van der Waals surface area contributed by atoms with E-state index in [1.165, 1.54) is 0 Å². The Hall–Kier alpha value is -0.350. The number of nitrogens with zero attached hydrogens (tertiary/aromatic N) is 1. The minimum Gasteiger partial charge on any atom is -0.375 e. The highest BCUT2D eigenvalue weighted by Crippen LogP contribution is 2.07. The Morgan fingerprint density at radius 3 is 3.08 bits per heavy atom. The molecule has 0 saturated carbocycles. The second kappa shape index (κ2) is 4.62. The average molecular weight is 188 g/mol. The average Bonchev–Trinajstić information content (AvgIpc) is 2.17. The number of morpholine rings is 1. The molecule has 1 fully saturated rings. The summed E-state index contributed by atoms with van der Waals surface area (Å²) in [5.74, 6) is 0. The third-order valence-corrected chi connectivity index (χ3v) is 2.56. The number of thiocarbonyl (C=S) groups is 1. The first-order valence-corrected chi connectivity index (χ1v) is 4.77. The van der Waals surface area contributed by atoms with Gasteiger partial charge >= 0.3 is 0 Å². The van der Waals surface area contributed by atoms with Gasteiger partial charge in [-0.2, -0.15) is 0 Å². The molecule has 12 heavy (non-hydrogen) atoms. The van der Waals surface area contributed by atoms with Crippen molar-refractivity contribution >= 4 is 17.3 Å². The molecule has 0 aromatic carbocycles. The lowest BCUT2D eigenvalue weighted by molar-refractivity contribution is -0.00708. The summed E-state index contributed by atoms with van der Waals surface area (Å²) in [7, 11) is 1.86. The number of nitrogens with one attached hydrogen (secondary N) is 1. The summed E-state index contributed by atoms with van der Waals surface area (Å²) in [5.41, 5.74) is 0. The summed E-state index contributed by atoms with van der Waals surface area (Å²) >= 11 is 5.14. The smallest absolute Gasteiger partial charge is 0.168 e. The van der Waals surface area contributed by atoms with Crippen LogP contribution < -0.4 is 5.32 Å². The van der Waals surface area contributed by atoms with Crippen LogP contribution in [-0.4, -0.2) is 42.9 Å². The monoisotopic (exact) mass is 188 g/mol. The zero-order valence-electron chi connectivity index (χ0n) is 7.67. The van der Waals surface area contributed by atoms with Gasteiger partial charge in [-0.05, 0) is 18.6 Å². The zero-order chi connectivity index (χ0) is 8.97. The van der Waals surface area contributed by atoms with Crippen LogP contribution in [0.15, 0.2) is 0 Å². The third kappa shape index (κ3) is 2.32. The zero-order valence-corrected chi connectivity index (χ0v) is 8.49. The number of rotatable bonds is 1. The molecule has 0 amide bonds. The highest BCUT2D eigenvalue weighted by Gasteiger charge is 2.19. The van der Waals surface area contributed by atoms with E-state index < -0.39 is 0 Å². The molecule has 0 spiro atoms. The van der Waals surface area contributed by atoms with Gasteiger partial charge in [-0.25, -0.2) is 0 Å². The lowest BCUT2D eigenvalue weighted by Gasteiger charge is -2.33. The standard InChI is InChI=1S/C8H16N2OS/c1-3-7-6-10(4-5-11-7)8(12)9-2/h7H,3-6H2,1-2H3,(H,9,12). The molecule has 4 heteroatoms. The molecular weight excluding hydrogens is 172 g/mol. The van der Waals surface area contributed by atoms with Gasteiger partial charge in [0.05, 0.1) is 12.7 Å². The van der Waals surface area contributed by atoms with Crippen molar-refractivity contribution in [1.29, 1.82) is 0 Å². The van der Waals surface area contributed by atoms with Gasteiger partial charge in [-0.1, -0.05) is 6.92 Å². The highest BCUT2D eigenvalue weighted by atomic mass is 32.1. The van der Waals surface area contributed by atoms with Crippen LogP contribution in [-0.2, 0) is 4.74 Å². The maximum absolute atomic E-state index is 5.52. The minimum absolute atomic E-state index is 0.352. The van der Waals surface area contributed by atoms with Gasteiger partial charge in [-0.3, -0.25) is 0 Å². The Morgan fingerprint density at radius 2 is 2.50 bits per heavy atom. The quantitative estimate of drug-likeness (QED) is 0.609. The Bertz CT molecular complexity index is 163. The van der Waals surface area contributed by atoms with Crippen LogP contribution in [0.1, 0.15) is 13.3 Å². The SMILES string of the molecule is CCC1CN(C(=S)NC)CCO1. The van der Waals surface area contributed by atoms with Gasteiger partial charge < -0.3 is 15.0 Å². The topological polar surface area (TPSA) is 24.5 Å². The second-order valence-electron chi connectivity index (χ2n) is 2.90. The molecule has 70 valence electrons. The Balaban J connectivity index is 2.40. The van der Waals surface area contributed by atoms with Crippen LogP contribution in [0.4, 0.5) is 0 Å². The molecule has 1 N–H and O–H groups in total. The summed E-state index contributed by atoms with van der Waals surface area (Å²) in [6.45, 7) is 4.77. The van der Waals surface area contributed by atoms with Crippen molar-refractivity contribution < 1.29 is 4.74 Å². The lowest BCUT2D eigenvalue weighted by atomic mass is 10.2. The maximum Gasteiger partial charge on any atom is 0.168 e. The maximum atomic E-state index is 5.52. The highest BCUT2D eigenvalue weighted by molar-refractivity contribution is 7.80.